The molecular weight excluding hydrogens is 494 g/mol. The fraction of sp³-hybridized carbons (Fsp3) is 0.400. The summed E-state index contributed by atoms with van der Waals surface area (Å²) in [7, 11) is 0. The summed E-state index contributed by atoms with van der Waals surface area (Å²) in [4.78, 5) is 0. The van der Waals surface area contributed by atoms with Gasteiger partial charge in [0.15, 0.2) is 0 Å². The van der Waals surface area contributed by atoms with E-state index in [0.29, 0.717) is 0 Å². The molecule has 0 spiro atoms. The van der Waals surface area contributed by atoms with Gasteiger partial charge in [-0.15, -0.1) is 0 Å². The summed E-state index contributed by atoms with van der Waals surface area (Å²) in [5, 5.41) is 3.81. The maximum atomic E-state index is 3.81. The number of rotatable bonds is 4. The van der Waals surface area contributed by atoms with Crippen molar-refractivity contribution in [2.24, 2.45) is 0 Å². The monoisotopic (exact) mass is 545 g/mol. The highest BCUT2D eigenvalue weighted by Crippen LogP contribution is 2.40. The van der Waals surface area contributed by atoms with E-state index in [4.69, 9.17) is 0 Å². The van der Waals surface area contributed by atoms with E-state index >= 15 is 0 Å². The molecule has 0 atom stereocenters. The summed E-state index contributed by atoms with van der Waals surface area (Å²) in [6.07, 6.45) is 0. The molecule has 0 radical (unpaired) electrons. The van der Waals surface area contributed by atoms with Gasteiger partial charge < -0.3 is 5.32 Å². The normalized spacial score (nSPS) is 12.9. The molecule has 0 aliphatic heterocycles. The smallest absolute Gasteiger partial charge is 0.0464 e. The quantitative estimate of drug-likeness (QED) is 0.269. The van der Waals surface area contributed by atoms with Crippen LogP contribution in [0.2, 0.25) is 0 Å². The van der Waals surface area contributed by atoms with Crippen molar-refractivity contribution in [3.05, 3.63) is 107 Å². The molecule has 1 heteroatoms. The zero-order chi connectivity index (χ0) is 30.4. The van der Waals surface area contributed by atoms with Gasteiger partial charge in [-0.3, -0.25) is 0 Å². The summed E-state index contributed by atoms with van der Waals surface area (Å²) in [6.45, 7) is 27.5. The minimum absolute atomic E-state index is 0.0467. The van der Waals surface area contributed by atoms with E-state index in [2.05, 4.69) is 173 Å². The van der Waals surface area contributed by atoms with Crippen molar-refractivity contribution in [3.63, 3.8) is 0 Å². The fourth-order valence-electron chi connectivity index (χ4n) is 5.10. The molecule has 0 saturated heterocycles. The first-order chi connectivity index (χ1) is 18.8. The maximum Gasteiger partial charge on any atom is 0.0464 e. The summed E-state index contributed by atoms with van der Waals surface area (Å²) in [6, 6.07) is 32.0. The minimum Gasteiger partial charge on any atom is -0.355 e. The lowest BCUT2D eigenvalue weighted by molar-refractivity contribution is 0.569. The van der Waals surface area contributed by atoms with Crippen LogP contribution in [-0.4, -0.2) is 0 Å². The molecule has 0 aromatic heterocycles. The highest BCUT2D eigenvalue weighted by Gasteiger charge is 2.22. The Bertz CT molecular complexity index is 1480. The van der Waals surface area contributed by atoms with Gasteiger partial charge in [0.1, 0.15) is 0 Å². The Kier molecular flexibility index (Phi) is 8.09. The van der Waals surface area contributed by atoms with E-state index in [1.165, 1.54) is 44.5 Å². The topological polar surface area (TPSA) is 12.0 Å². The molecular formula is C40H51N. The lowest BCUT2D eigenvalue weighted by atomic mass is 9.78. The van der Waals surface area contributed by atoms with Crippen LogP contribution in [0.3, 0.4) is 0 Å². The van der Waals surface area contributed by atoms with Gasteiger partial charge >= 0.3 is 0 Å². The van der Waals surface area contributed by atoms with Gasteiger partial charge in [-0.25, -0.2) is 0 Å². The van der Waals surface area contributed by atoms with Crippen molar-refractivity contribution in [2.75, 3.05) is 5.32 Å². The fourth-order valence-corrected chi connectivity index (χ4v) is 5.10. The lowest BCUT2D eigenvalue weighted by Crippen LogP contribution is -2.16. The Morgan fingerprint density at radius 3 is 1.41 bits per heavy atom. The van der Waals surface area contributed by atoms with Crippen molar-refractivity contribution in [2.45, 2.75) is 105 Å². The first-order valence-corrected chi connectivity index (χ1v) is 15.1. The molecule has 0 saturated carbocycles. The van der Waals surface area contributed by atoms with E-state index in [9.17, 15) is 0 Å². The maximum absolute atomic E-state index is 3.81. The molecule has 0 fully saturated rings. The predicted molar refractivity (Wildman–Crippen MR) is 182 cm³/mol. The third-order valence-electron chi connectivity index (χ3n) is 8.09. The third kappa shape index (κ3) is 7.31. The van der Waals surface area contributed by atoms with Crippen LogP contribution in [0.1, 0.15) is 105 Å². The second-order valence-electron chi connectivity index (χ2n) is 15.8. The standard InChI is InChI=1S/C40H51N/c1-37(2,3)30-19-16-27(17-20-30)28-18-21-36(41-34-15-13-14-31(26-34)38(4,5)6)35(24-28)29-22-32(39(7,8)9)25-33(23-29)40(10,11)12/h13-26,41H,1-12H3. The van der Waals surface area contributed by atoms with Crippen molar-refractivity contribution < 1.29 is 0 Å². The Hall–Kier alpha value is -3.32. The van der Waals surface area contributed by atoms with E-state index in [1.807, 2.05) is 0 Å². The van der Waals surface area contributed by atoms with Crippen LogP contribution in [0, 0.1) is 0 Å². The van der Waals surface area contributed by atoms with E-state index in [0.717, 1.165) is 11.4 Å². The third-order valence-corrected chi connectivity index (χ3v) is 8.09. The number of hydrogen-bond donors (Lipinski definition) is 1. The van der Waals surface area contributed by atoms with Gasteiger partial charge in [-0.1, -0.05) is 144 Å². The summed E-state index contributed by atoms with van der Waals surface area (Å²) < 4.78 is 0. The average Bonchev–Trinajstić information content (AvgIpc) is 2.87. The average molecular weight is 546 g/mol. The van der Waals surface area contributed by atoms with Crippen LogP contribution in [0.4, 0.5) is 11.4 Å². The molecule has 1 nitrogen and oxygen atoms in total. The van der Waals surface area contributed by atoms with Gasteiger partial charge in [0.25, 0.3) is 0 Å². The molecule has 0 aliphatic carbocycles. The van der Waals surface area contributed by atoms with Gasteiger partial charge in [0.2, 0.25) is 0 Å². The molecule has 0 unspecified atom stereocenters. The van der Waals surface area contributed by atoms with E-state index < -0.39 is 0 Å². The Morgan fingerprint density at radius 2 is 0.902 bits per heavy atom. The van der Waals surface area contributed by atoms with Crippen LogP contribution < -0.4 is 5.32 Å². The lowest BCUT2D eigenvalue weighted by Gasteiger charge is -2.27. The second-order valence-corrected chi connectivity index (χ2v) is 15.8. The summed E-state index contributed by atoms with van der Waals surface area (Å²) in [5.74, 6) is 0. The van der Waals surface area contributed by atoms with Gasteiger partial charge in [0.05, 0.1) is 0 Å². The SMILES string of the molecule is CC(C)(C)c1ccc(-c2ccc(Nc3cccc(C(C)(C)C)c3)c(-c3cc(C(C)(C)C)cc(C(C)(C)C)c3)c2)cc1. The molecule has 1 N–H and O–H groups in total. The number of benzene rings is 4. The van der Waals surface area contributed by atoms with Crippen LogP contribution in [0.25, 0.3) is 22.3 Å². The second kappa shape index (κ2) is 10.8. The summed E-state index contributed by atoms with van der Waals surface area (Å²) >= 11 is 0. The molecule has 0 bridgehead atoms. The van der Waals surface area contributed by atoms with E-state index in [-0.39, 0.29) is 21.7 Å². The first kappa shape index (κ1) is 30.6. The van der Waals surface area contributed by atoms with Crippen LogP contribution in [0.5, 0.6) is 0 Å². The largest absolute Gasteiger partial charge is 0.355 e. The van der Waals surface area contributed by atoms with Crippen molar-refractivity contribution in [3.8, 4) is 22.3 Å². The minimum atomic E-state index is 0.0467. The molecule has 4 aromatic carbocycles. The van der Waals surface area contributed by atoms with Gasteiger partial charge in [-0.2, -0.15) is 0 Å². The molecule has 0 aliphatic rings. The molecule has 0 heterocycles. The van der Waals surface area contributed by atoms with Crippen molar-refractivity contribution >= 4 is 11.4 Å². The van der Waals surface area contributed by atoms with Crippen molar-refractivity contribution in [1.82, 2.24) is 0 Å². The van der Waals surface area contributed by atoms with Gasteiger partial charge in [-0.05, 0) is 84.9 Å². The molecule has 41 heavy (non-hydrogen) atoms. The van der Waals surface area contributed by atoms with Crippen LogP contribution in [0.15, 0.2) is 84.9 Å². The molecule has 0 amide bonds. The Balaban J connectivity index is 1.91. The molecule has 4 aromatic rings. The highest BCUT2D eigenvalue weighted by atomic mass is 14.9. The molecule has 216 valence electrons. The van der Waals surface area contributed by atoms with Crippen LogP contribution in [-0.2, 0) is 21.7 Å². The first-order valence-electron chi connectivity index (χ1n) is 15.1. The Morgan fingerprint density at radius 1 is 0.390 bits per heavy atom. The number of nitrogens with one attached hydrogen (secondary N) is 1. The van der Waals surface area contributed by atoms with Crippen molar-refractivity contribution in [1.29, 1.82) is 0 Å². The number of anilines is 2. The summed E-state index contributed by atoms with van der Waals surface area (Å²) in [5.41, 5.74) is 12.9. The van der Waals surface area contributed by atoms with Crippen LogP contribution >= 0.6 is 0 Å². The number of hydrogen-bond acceptors (Lipinski definition) is 1. The predicted octanol–water partition coefficient (Wildman–Crippen LogP) is 12.0. The Labute approximate surface area is 250 Å². The zero-order valence-electron chi connectivity index (χ0n) is 27.6. The molecule has 4 rings (SSSR count). The van der Waals surface area contributed by atoms with E-state index in [1.54, 1.807) is 0 Å². The van der Waals surface area contributed by atoms with Gasteiger partial charge in [0, 0.05) is 16.9 Å². The highest BCUT2D eigenvalue weighted by molar-refractivity contribution is 5.86. The zero-order valence-corrected chi connectivity index (χ0v) is 27.6.